The highest BCUT2D eigenvalue weighted by Gasteiger charge is 2.14. The van der Waals surface area contributed by atoms with Gasteiger partial charge in [0.05, 0.1) is 0 Å². The van der Waals surface area contributed by atoms with Gasteiger partial charge < -0.3 is 0 Å². The Kier molecular flexibility index (Phi) is 2.26. The second-order valence-electron chi connectivity index (χ2n) is 3.22. The minimum Gasteiger partial charge on any atom is -0.281 e. The summed E-state index contributed by atoms with van der Waals surface area (Å²) in [5, 5.41) is 0. The lowest BCUT2D eigenvalue weighted by atomic mass is 10.1. The molecule has 1 nitrogen and oxygen atoms in total. The number of hydrogen-bond acceptors (Lipinski definition) is 1. The lowest BCUT2D eigenvalue weighted by molar-refractivity contribution is 1.14. The highest BCUT2D eigenvalue weighted by molar-refractivity contribution is 5.80. The van der Waals surface area contributed by atoms with E-state index >= 15 is 0 Å². The molecule has 1 aromatic rings. The van der Waals surface area contributed by atoms with Crippen molar-refractivity contribution in [3.8, 4) is 0 Å². The van der Waals surface area contributed by atoms with Gasteiger partial charge in [0, 0.05) is 6.21 Å². The number of nitrogens with zero attached hydrogens (tertiary/aromatic N) is 1. The van der Waals surface area contributed by atoms with Crippen LogP contribution in [0.4, 0.5) is 0 Å². The molecule has 0 radical (unpaired) electrons. The van der Waals surface area contributed by atoms with Crippen LogP contribution in [0.3, 0.4) is 0 Å². The minimum absolute atomic E-state index is 0.379. The Bertz CT molecular complexity index is 327. The van der Waals surface area contributed by atoms with Crippen LogP contribution in [0.25, 0.3) is 6.08 Å². The zero-order valence-electron chi connectivity index (χ0n) is 7.77. The van der Waals surface area contributed by atoms with Gasteiger partial charge in [-0.2, -0.15) is 0 Å². The average Bonchev–Trinajstić information content (AvgIpc) is 2.99. The van der Waals surface area contributed by atoms with Crippen LogP contribution in [0.1, 0.15) is 30.5 Å². The van der Waals surface area contributed by atoms with Gasteiger partial charge >= 0.3 is 0 Å². The SMILES string of the molecule is CCC=Cc1ccc(C2C=N2)cc1. The van der Waals surface area contributed by atoms with Crippen molar-refractivity contribution in [1.29, 1.82) is 0 Å². The molecule has 1 atom stereocenters. The largest absolute Gasteiger partial charge is 0.281 e. The first kappa shape index (κ1) is 8.24. The number of rotatable bonds is 3. The van der Waals surface area contributed by atoms with Gasteiger partial charge in [0.25, 0.3) is 0 Å². The third-order valence-electron chi connectivity index (χ3n) is 2.12. The first-order valence-electron chi connectivity index (χ1n) is 4.70. The molecule has 1 aliphatic heterocycles. The van der Waals surface area contributed by atoms with Gasteiger partial charge in [-0.05, 0) is 17.5 Å². The van der Waals surface area contributed by atoms with Crippen LogP contribution in [0.15, 0.2) is 35.3 Å². The molecular weight excluding hydrogens is 158 g/mol. The Morgan fingerprint density at radius 3 is 2.54 bits per heavy atom. The fourth-order valence-corrected chi connectivity index (χ4v) is 1.27. The Balaban J connectivity index is 2.09. The Morgan fingerprint density at radius 1 is 1.31 bits per heavy atom. The minimum atomic E-state index is 0.379. The van der Waals surface area contributed by atoms with E-state index in [2.05, 4.69) is 48.3 Å². The number of aliphatic imine (C=N–C) groups is 1. The zero-order valence-corrected chi connectivity index (χ0v) is 7.77. The quantitative estimate of drug-likeness (QED) is 0.662. The zero-order chi connectivity index (χ0) is 9.10. The first-order valence-corrected chi connectivity index (χ1v) is 4.70. The second-order valence-corrected chi connectivity index (χ2v) is 3.22. The van der Waals surface area contributed by atoms with Crippen molar-refractivity contribution in [2.75, 3.05) is 0 Å². The fourth-order valence-electron chi connectivity index (χ4n) is 1.27. The molecule has 0 saturated heterocycles. The molecule has 0 amide bonds. The van der Waals surface area contributed by atoms with Gasteiger partial charge in [0.1, 0.15) is 6.04 Å². The van der Waals surface area contributed by atoms with Crippen LogP contribution in [0.2, 0.25) is 0 Å². The van der Waals surface area contributed by atoms with E-state index in [-0.39, 0.29) is 0 Å². The Labute approximate surface area is 78.8 Å². The fraction of sp³-hybridized carbons (Fsp3) is 0.250. The summed E-state index contributed by atoms with van der Waals surface area (Å²) >= 11 is 0. The van der Waals surface area contributed by atoms with Gasteiger partial charge in [-0.15, -0.1) is 0 Å². The van der Waals surface area contributed by atoms with Crippen LogP contribution in [-0.4, -0.2) is 6.21 Å². The lowest BCUT2D eigenvalue weighted by Crippen LogP contribution is -1.81. The molecule has 0 aromatic heterocycles. The van der Waals surface area contributed by atoms with E-state index in [4.69, 9.17) is 0 Å². The van der Waals surface area contributed by atoms with Crippen molar-refractivity contribution in [2.24, 2.45) is 4.99 Å². The topological polar surface area (TPSA) is 12.4 Å². The summed E-state index contributed by atoms with van der Waals surface area (Å²) in [6.07, 6.45) is 7.38. The Hall–Kier alpha value is -1.37. The van der Waals surface area contributed by atoms with Crippen molar-refractivity contribution < 1.29 is 0 Å². The molecule has 0 bridgehead atoms. The van der Waals surface area contributed by atoms with Gasteiger partial charge in [0.2, 0.25) is 0 Å². The molecule has 13 heavy (non-hydrogen) atoms. The summed E-state index contributed by atoms with van der Waals surface area (Å²) in [5.41, 5.74) is 2.57. The van der Waals surface area contributed by atoms with Crippen LogP contribution < -0.4 is 0 Å². The summed E-state index contributed by atoms with van der Waals surface area (Å²) in [6.45, 7) is 2.14. The maximum absolute atomic E-state index is 4.12. The first-order chi connectivity index (χ1) is 6.40. The molecule has 0 spiro atoms. The molecule has 1 heterocycles. The smallest absolute Gasteiger partial charge is 0.109 e. The third kappa shape index (κ3) is 2.05. The summed E-state index contributed by atoms with van der Waals surface area (Å²) in [4.78, 5) is 4.12. The van der Waals surface area contributed by atoms with E-state index in [9.17, 15) is 0 Å². The maximum Gasteiger partial charge on any atom is 0.109 e. The van der Waals surface area contributed by atoms with Crippen molar-refractivity contribution in [3.05, 3.63) is 41.5 Å². The molecule has 0 aliphatic carbocycles. The van der Waals surface area contributed by atoms with E-state index in [0.29, 0.717) is 6.04 Å². The average molecular weight is 171 g/mol. The molecule has 1 aliphatic rings. The van der Waals surface area contributed by atoms with E-state index in [1.54, 1.807) is 0 Å². The predicted molar refractivity (Wildman–Crippen MR) is 57.0 cm³/mol. The molecule has 0 fully saturated rings. The van der Waals surface area contributed by atoms with Crippen LogP contribution in [0, 0.1) is 0 Å². The van der Waals surface area contributed by atoms with Crippen molar-refractivity contribution in [3.63, 3.8) is 0 Å². The molecule has 1 aromatic carbocycles. The normalized spacial score (nSPS) is 19.6. The van der Waals surface area contributed by atoms with E-state index in [0.717, 1.165) is 6.42 Å². The second kappa shape index (κ2) is 3.56. The van der Waals surface area contributed by atoms with Gasteiger partial charge in [-0.25, -0.2) is 0 Å². The van der Waals surface area contributed by atoms with Crippen molar-refractivity contribution in [2.45, 2.75) is 19.4 Å². The monoisotopic (exact) mass is 171 g/mol. The predicted octanol–water partition coefficient (Wildman–Crippen LogP) is 3.24. The maximum atomic E-state index is 4.12. The number of allylic oxidation sites excluding steroid dienone is 1. The Morgan fingerprint density at radius 2 is 2.00 bits per heavy atom. The highest BCUT2D eigenvalue weighted by atomic mass is 14.9. The van der Waals surface area contributed by atoms with Crippen LogP contribution in [-0.2, 0) is 0 Å². The third-order valence-corrected chi connectivity index (χ3v) is 2.12. The lowest BCUT2D eigenvalue weighted by Gasteiger charge is -1.97. The van der Waals surface area contributed by atoms with Gasteiger partial charge in [0.15, 0.2) is 0 Å². The van der Waals surface area contributed by atoms with E-state index < -0.39 is 0 Å². The molecule has 1 heteroatoms. The van der Waals surface area contributed by atoms with Crippen LogP contribution in [0.5, 0.6) is 0 Å². The molecule has 0 N–H and O–H groups in total. The molecule has 66 valence electrons. The van der Waals surface area contributed by atoms with Gasteiger partial charge in [-0.3, -0.25) is 4.99 Å². The molecule has 2 rings (SSSR count). The molecule has 0 saturated carbocycles. The standard InChI is InChI=1S/C12H13N/c1-2-3-4-10-5-7-11(8-6-10)12-9-13-12/h3-9,12H,2H2,1H3. The number of hydrogen-bond donors (Lipinski definition) is 0. The summed E-state index contributed by atoms with van der Waals surface area (Å²) in [6, 6.07) is 8.95. The van der Waals surface area contributed by atoms with Crippen LogP contribution >= 0.6 is 0 Å². The van der Waals surface area contributed by atoms with E-state index in [1.165, 1.54) is 11.1 Å². The molecule has 1 unspecified atom stereocenters. The summed E-state index contributed by atoms with van der Waals surface area (Å²) in [5.74, 6) is 0. The number of benzene rings is 1. The van der Waals surface area contributed by atoms with Gasteiger partial charge in [-0.1, -0.05) is 43.3 Å². The summed E-state index contributed by atoms with van der Waals surface area (Å²) in [7, 11) is 0. The summed E-state index contributed by atoms with van der Waals surface area (Å²) < 4.78 is 0. The molecular formula is C12H13N. The van der Waals surface area contributed by atoms with Crippen molar-refractivity contribution >= 4 is 12.3 Å². The van der Waals surface area contributed by atoms with E-state index in [1.807, 2.05) is 6.21 Å². The highest BCUT2D eigenvalue weighted by Crippen LogP contribution is 2.24. The van der Waals surface area contributed by atoms with Crippen molar-refractivity contribution in [1.82, 2.24) is 0 Å².